The monoisotopic (exact) mass is 480 g/mol. The van der Waals surface area contributed by atoms with E-state index in [1.165, 1.54) is 0 Å². The average molecular weight is 481 g/mol. The van der Waals surface area contributed by atoms with Crippen LogP contribution in [0.3, 0.4) is 0 Å². The van der Waals surface area contributed by atoms with Crippen LogP contribution in [0.1, 0.15) is 10.4 Å². The molecular weight excluding hydrogens is 456 g/mol. The highest BCUT2D eigenvalue weighted by Gasteiger charge is 2.13. The first-order valence-corrected chi connectivity index (χ1v) is 11.1. The van der Waals surface area contributed by atoms with E-state index < -0.39 is 0 Å². The molecule has 0 unspecified atom stereocenters. The summed E-state index contributed by atoms with van der Waals surface area (Å²) in [6, 6.07) is 12.9. The first-order valence-electron chi connectivity index (χ1n) is 10.7. The molecule has 2 heterocycles. The molecule has 4 rings (SSSR count). The quantitative estimate of drug-likeness (QED) is 0.297. The number of hydrogen-bond donors (Lipinski definition) is 3. The van der Waals surface area contributed by atoms with Crippen LogP contribution >= 0.6 is 11.6 Å². The molecule has 34 heavy (non-hydrogen) atoms. The third kappa shape index (κ3) is 5.28. The molecule has 0 fully saturated rings. The highest BCUT2D eigenvalue weighted by Crippen LogP contribution is 2.28. The van der Waals surface area contributed by atoms with Gasteiger partial charge in [0.05, 0.1) is 42.8 Å². The first kappa shape index (κ1) is 23.5. The number of carbonyl (C=O) groups excluding carboxylic acids is 1. The zero-order valence-corrected chi connectivity index (χ0v) is 19.4. The summed E-state index contributed by atoms with van der Waals surface area (Å²) in [6.45, 7) is 1.66. The van der Waals surface area contributed by atoms with Gasteiger partial charge in [-0.1, -0.05) is 11.6 Å². The Labute approximate surface area is 201 Å². The van der Waals surface area contributed by atoms with Crippen molar-refractivity contribution >= 4 is 34.7 Å². The SMILES string of the molecule is COc1ccc(-c2cnc3c(Nc4ccc(C(=O)NCCOCCN)c(Cl)c4)nccn23)cc1. The van der Waals surface area contributed by atoms with Gasteiger partial charge in [-0.2, -0.15) is 0 Å². The highest BCUT2D eigenvalue weighted by molar-refractivity contribution is 6.34. The Kier molecular flexibility index (Phi) is 7.58. The Morgan fingerprint density at radius 2 is 1.97 bits per heavy atom. The van der Waals surface area contributed by atoms with Gasteiger partial charge in [-0.05, 0) is 42.5 Å². The molecule has 0 aliphatic heterocycles. The maximum atomic E-state index is 12.4. The molecule has 0 saturated carbocycles. The number of nitrogens with one attached hydrogen (secondary N) is 2. The van der Waals surface area contributed by atoms with Crippen molar-refractivity contribution in [2.24, 2.45) is 5.73 Å². The lowest BCUT2D eigenvalue weighted by Crippen LogP contribution is -2.28. The molecule has 176 valence electrons. The molecule has 0 radical (unpaired) electrons. The molecule has 10 heteroatoms. The third-order valence-electron chi connectivity index (χ3n) is 5.08. The van der Waals surface area contributed by atoms with E-state index in [9.17, 15) is 4.79 Å². The number of carbonyl (C=O) groups is 1. The first-order chi connectivity index (χ1) is 16.6. The Morgan fingerprint density at radius 1 is 1.15 bits per heavy atom. The predicted molar refractivity (Wildman–Crippen MR) is 132 cm³/mol. The number of fused-ring (bicyclic) bond motifs is 1. The minimum atomic E-state index is -0.273. The van der Waals surface area contributed by atoms with Crippen molar-refractivity contribution in [1.82, 2.24) is 19.7 Å². The number of ether oxygens (including phenoxy) is 2. The number of halogens is 1. The van der Waals surface area contributed by atoms with E-state index >= 15 is 0 Å². The smallest absolute Gasteiger partial charge is 0.252 e. The van der Waals surface area contributed by atoms with Gasteiger partial charge in [-0.15, -0.1) is 0 Å². The molecule has 0 aliphatic rings. The Bertz CT molecular complexity index is 1280. The van der Waals surface area contributed by atoms with E-state index in [0.29, 0.717) is 54.0 Å². The van der Waals surface area contributed by atoms with Crippen LogP contribution < -0.4 is 21.1 Å². The zero-order valence-electron chi connectivity index (χ0n) is 18.6. The fourth-order valence-corrected chi connectivity index (χ4v) is 3.68. The number of anilines is 2. The van der Waals surface area contributed by atoms with E-state index in [0.717, 1.165) is 17.0 Å². The van der Waals surface area contributed by atoms with E-state index in [-0.39, 0.29) is 5.91 Å². The van der Waals surface area contributed by atoms with Gasteiger partial charge in [-0.25, -0.2) is 9.97 Å². The van der Waals surface area contributed by atoms with Gasteiger partial charge >= 0.3 is 0 Å². The number of hydrogen-bond acceptors (Lipinski definition) is 7. The van der Waals surface area contributed by atoms with Gasteiger partial charge in [0.15, 0.2) is 11.5 Å². The minimum Gasteiger partial charge on any atom is -0.497 e. The fourth-order valence-electron chi connectivity index (χ4n) is 3.41. The number of methoxy groups -OCH3 is 1. The Morgan fingerprint density at radius 3 is 2.71 bits per heavy atom. The van der Waals surface area contributed by atoms with Crippen LogP contribution in [0.25, 0.3) is 16.9 Å². The number of imidazole rings is 1. The van der Waals surface area contributed by atoms with Gasteiger partial charge < -0.3 is 25.8 Å². The van der Waals surface area contributed by atoms with Crippen molar-refractivity contribution < 1.29 is 14.3 Å². The zero-order chi connectivity index (χ0) is 23.9. The van der Waals surface area contributed by atoms with E-state index in [1.54, 1.807) is 37.7 Å². The number of amides is 1. The number of nitrogens with zero attached hydrogens (tertiary/aromatic N) is 3. The van der Waals surface area contributed by atoms with Gasteiger partial charge in [0.1, 0.15) is 5.75 Å². The second kappa shape index (κ2) is 11.0. The van der Waals surface area contributed by atoms with Gasteiger partial charge in [0.2, 0.25) is 0 Å². The molecule has 0 saturated heterocycles. The topological polar surface area (TPSA) is 116 Å². The molecule has 4 aromatic rings. The average Bonchev–Trinajstić information content (AvgIpc) is 3.29. The number of nitrogens with two attached hydrogens (primary N) is 1. The largest absolute Gasteiger partial charge is 0.497 e. The summed E-state index contributed by atoms with van der Waals surface area (Å²) < 4.78 is 12.4. The molecule has 0 bridgehead atoms. The maximum absolute atomic E-state index is 12.4. The summed E-state index contributed by atoms with van der Waals surface area (Å²) in [5, 5.41) is 6.33. The molecule has 9 nitrogen and oxygen atoms in total. The molecular formula is C24H25ClN6O3. The van der Waals surface area contributed by atoms with Gasteiger partial charge in [-0.3, -0.25) is 9.20 Å². The van der Waals surface area contributed by atoms with Crippen LogP contribution in [-0.4, -0.2) is 53.7 Å². The highest BCUT2D eigenvalue weighted by atomic mass is 35.5. The Hall–Kier alpha value is -3.66. The molecule has 0 aliphatic carbocycles. The van der Waals surface area contributed by atoms with Crippen molar-refractivity contribution in [2.45, 2.75) is 0 Å². The number of benzene rings is 2. The van der Waals surface area contributed by atoms with Crippen LogP contribution in [0.15, 0.2) is 61.1 Å². The van der Waals surface area contributed by atoms with Crippen molar-refractivity contribution in [2.75, 3.05) is 38.7 Å². The summed E-state index contributed by atoms with van der Waals surface area (Å²) in [5.41, 5.74) is 9.00. The van der Waals surface area contributed by atoms with Crippen LogP contribution in [0, 0.1) is 0 Å². The lowest BCUT2D eigenvalue weighted by Gasteiger charge is -2.11. The van der Waals surface area contributed by atoms with Crippen LogP contribution in [0.4, 0.5) is 11.5 Å². The molecule has 1 amide bonds. The molecule has 2 aromatic carbocycles. The normalized spacial score (nSPS) is 10.9. The van der Waals surface area contributed by atoms with Crippen LogP contribution in [0.5, 0.6) is 5.75 Å². The molecule has 2 aromatic heterocycles. The minimum absolute atomic E-state index is 0.273. The third-order valence-corrected chi connectivity index (χ3v) is 5.40. The van der Waals surface area contributed by atoms with E-state index in [4.69, 9.17) is 26.8 Å². The molecule has 0 spiro atoms. The van der Waals surface area contributed by atoms with Crippen molar-refractivity contribution in [3.05, 3.63) is 71.6 Å². The van der Waals surface area contributed by atoms with Crippen LogP contribution in [0.2, 0.25) is 5.02 Å². The maximum Gasteiger partial charge on any atom is 0.252 e. The summed E-state index contributed by atoms with van der Waals surface area (Å²) in [5.74, 6) is 1.08. The predicted octanol–water partition coefficient (Wildman–Crippen LogP) is 3.51. The molecule has 0 atom stereocenters. The lowest BCUT2D eigenvalue weighted by atomic mass is 10.1. The second-order valence-electron chi connectivity index (χ2n) is 7.32. The number of aromatic nitrogens is 3. The summed E-state index contributed by atoms with van der Waals surface area (Å²) in [7, 11) is 1.64. The second-order valence-corrected chi connectivity index (χ2v) is 7.73. The van der Waals surface area contributed by atoms with Crippen molar-refractivity contribution in [3.8, 4) is 17.0 Å². The standard InChI is InChI=1S/C24H25ClN6O3/c1-33-18-5-2-16(3-6-18)21-15-29-23-22(27-9-11-31(21)23)30-17-4-7-19(20(25)14-17)24(32)28-10-13-34-12-8-26/h2-7,9,11,14-15H,8,10,12-13,26H2,1H3,(H,27,30)(H,28,32). The summed E-state index contributed by atoms with van der Waals surface area (Å²) in [4.78, 5) is 21.4. The van der Waals surface area contributed by atoms with Crippen LogP contribution in [-0.2, 0) is 4.74 Å². The van der Waals surface area contributed by atoms with Gasteiger partial charge in [0.25, 0.3) is 5.91 Å². The molecule has 4 N–H and O–H groups in total. The summed E-state index contributed by atoms with van der Waals surface area (Å²) in [6.07, 6.45) is 5.34. The fraction of sp³-hybridized carbons (Fsp3) is 0.208. The summed E-state index contributed by atoms with van der Waals surface area (Å²) >= 11 is 6.38. The van der Waals surface area contributed by atoms with E-state index in [2.05, 4.69) is 20.6 Å². The number of rotatable bonds is 10. The van der Waals surface area contributed by atoms with Crippen molar-refractivity contribution in [1.29, 1.82) is 0 Å². The lowest BCUT2D eigenvalue weighted by molar-refractivity contribution is 0.0920. The van der Waals surface area contributed by atoms with E-state index in [1.807, 2.05) is 34.9 Å². The van der Waals surface area contributed by atoms with Crippen molar-refractivity contribution in [3.63, 3.8) is 0 Å². The van der Waals surface area contributed by atoms with Gasteiger partial charge in [0, 0.05) is 36.7 Å². The Balaban J connectivity index is 1.50.